The molecule has 1 atom stereocenters. The van der Waals surface area contributed by atoms with Gasteiger partial charge in [0.05, 0.1) is 19.3 Å². The Balaban J connectivity index is 1.97. The van der Waals surface area contributed by atoms with E-state index in [1.165, 1.54) is 0 Å². The van der Waals surface area contributed by atoms with Crippen molar-refractivity contribution in [2.75, 3.05) is 27.3 Å². The van der Waals surface area contributed by atoms with Gasteiger partial charge in [0.2, 0.25) is 0 Å². The molecule has 0 bridgehead atoms. The molecule has 1 aromatic rings. The first kappa shape index (κ1) is 15.0. The van der Waals surface area contributed by atoms with Crippen LogP contribution in [0.4, 0.5) is 0 Å². The summed E-state index contributed by atoms with van der Waals surface area (Å²) in [5.74, 6) is 0.943. The third-order valence-electron chi connectivity index (χ3n) is 4.11. The van der Waals surface area contributed by atoms with Crippen molar-refractivity contribution in [2.24, 2.45) is 0 Å². The second-order valence-corrected chi connectivity index (χ2v) is 5.24. The minimum atomic E-state index is -0.0822. The fourth-order valence-electron chi connectivity index (χ4n) is 2.66. The lowest BCUT2D eigenvalue weighted by Gasteiger charge is -2.34. The van der Waals surface area contributed by atoms with Gasteiger partial charge in [-0.3, -0.25) is 9.69 Å². The summed E-state index contributed by atoms with van der Waals surface area (Å²) in [6.07, 6.45) is 2.34. The number of nitrogens with zero attached hydrogens (tertiary/aromatic N) is 1. The molecule has 4 heteroatoms. The van der Waals surface area contributed by atoms with Crippen LogP contribution in [-0.4, -0.2) is 50.1 Å². The maximum absolute atomic E-state index is 12.5. The number of piperidine rings is 1. The van der Waals surface area contributed by atoms with E-state index in [2.05, 4.69) is 4.90 Å². The first-order valence-electron chi connectivity index (χ1n) is 7.10. The van der Waals surface area contributed by atoms with Crippen molar-refractivity contribution in [1.29, 1.82) is 0 Å². The summed E-state index contributed by atoms with van der Waals surface area (Å²) in [7, 11) is 3.38. The quantitative estimate of drug-likeness (QED) is 0.775. The lowest BCUT2D eigenvalue weighted by Crippen LogP contribution is -2.45. The SMILES string of the molecule is COc1ccc(C(=O)C(C)N2CCC(OC)CC2)cc1. The van der Waals surface area contributed by atoms with Gasteiger partial charge in [-0.2, -0.15) is 0 Å². The average Bonchev–Trinajstić information content (AvgIpc) is 2.53. The Labute approximate surface area is 120 Å². The Morgan fingerprint density at radius 2 is 1.80 bits per heavy atom. The highest BCUT2D eigenvalue weighted by Gasteiger charge is 2.27. The summed E-state index contributed by atoms with van der Waals surface area (Å²) >= 11 is 0. The molecule has 0 N–H and O–H groups in total. The van der Waals surface area contributed by atoms with Gasteiger partial charge in [0.15, 0.2) is 5.78 Å². The van der Waals surface area contributed by atoms with E-state index in [0.717, 1.165) is 37.2 Å². The van der Waals surface area contributed by atoms with Gasteiger partial charge in [-0.15, -0.1) is 0 Å². The van der Waals surface area contributed by atoms with Gasteiger partial charge < -0.3 is 9.47 Å². The standard InChI is InChI=1S/C16H23NO3/c1-12(17-10-8-15(20-3)9-11-17)16(18)13-4-6-14(19-2)7-5-13/h4-7,12,15H,8-11H2,1-3H3. The lowest BCUT2D eigenvalue weighted by atomic mass is 10.0. The van der Waals surface area contributed by atoms with Crippen molar-refractivity contribution < 1.29 is 14.3 Å². The van der Waals surface area contributed by atoms with Crippen LogP contribution in [0, 0.1) is 0 Å². The van der Waals surface area contributed by atoms with E-state index >= 15 is 0 Å². The van der Waals surface area contributed by atoms with Gasteiger partial charge >= 0.3 is 0 Å². The van der Waals surface area contributed by atoms with Gasteiger partial charge in [0, 0.05) is 25.8 Å². The molecule has 0 amide bonds. The molecule has 0 aliphatic carbocycles. The van der Waals surface area contributed by atoms with Crippen LogP contribution in [0.5, 0.6) is 5.75 Å². The van der Waals surface area contributed by atoms with Crippen LogP contribution in [0.25, 0.3) is 0 Å². The number of hydrogen-bond donors (Lipinski definition) is 0. The maximum Gasteiger partial charge on any atom is 0.179 e. The Bertz CT molecular complexity index is 436. The Morgan fingerprint density at radius 3 is 2.30 bits per heavy atom. The molecule has 0 saturated carbocycles. The molecule has 2 rings (SSSR count). The molecule has 4 nitrogen and oxygen atoms in total. The molecular weight excluding hydrogens is 254 g/mol. The Hall–Kier alpha value is -1.39. The van der Waals surface area contributed by atoms with Crippen molar-refractivity contribution in [2.45, 2.75) is 31.9 Å². The van der Waals surface area contributed by atoms with E-state index in [0.29, 0.717) is 6.10 Å². The molecular formula is C16H23NO3. The van der Waals surface area contributed by atoms with Crippen molar-refractivity contribution in [3.8, 4) is 5.75 Å². The average molecular weight is 277 g/mol. The first-order valence-corrected chi connectivity index (χ1v) is 7.10. The highest BCUT2D eigenvalue weighted by molar-refractivity contribution is 5.99. The number of hydrogen-bond acceptors (Lipinski definition) is 4. The summed E-state index contributed by atoms with van der Waals surface area (Å²) in [4.78, 5) is 14.7. The fraction of sp³-hybridized carbons (Fsp3) is 0.562. The van der Waals surface area contributed by atoms with Crippen molar-refractivity contribution in [3.63, 3.8) is 0 Å². The van der Waals surface area contributed by atoms with Crippen LogP contribution in [-0.2, 0) is 4.74 Å². The molecule has 0 radical (unpaired) electrons. The van der Waals surface area contributed by atoms with Crippen molar-refractivity contribution >= 4 is 5.78 Å². The monoisotopic (exact) mass is 277 g/mol. The highest BCUT2D eigenvalue weighted by Crippen LogP contribution is 2.19. The van der Waals surface area contributed by atoms with E-state index in [-0.39, 0.29) is 11.8 Å². The van der Waals surface area contributed by atoms with Gasteiger partial charge in [0.25, 0.3) is 0 Å². The summed E-state index contributed by atoms with van der Waals surface area (Å²) in [6.45, 7) is 3.82. The number of carbonyl (C=O) groups is 1. The van der Waals surface area contributed by atoms with Gasteiger partial charge in [-0.25, -0.2) is 0 Å². The van der Waals surface area contributed by atoms with E-state index in [1.807, 2.05) is 31.2 Å². The predicted octanol–water partition coefficient (Wildman–Crippen LogP) is 2.38. The first-order chi connectivity index (χ1) is 9.65. The molecule has 0 aromatic heterocycles. The molecule has 20 heavy (non-hydrogen) atoms. The number of likely N-dealkylation sites (tertiary alicyclic amines) is 1. The molecule has 1 aliphatic heterocycles. The minimum Gasteiger partial charge on any atom is -0.497 e. The third-order valence-corrected chi connectivity index (χ3v) is 4.11. The number of Topliss-reactive ketones (excluding diaryl/α,β-unsaturated/α-hetero) is 1. The maximum atomic E-state index is 12.5. The normalized spacial score (nSPS) is 18.8. The molecule has 1 aromatic carbocycles. The van der Waals surface area contributed by atoms with Gasteiger partial charge in [0.1, 0.15) is 5.75 Å². The third kappa shape index (κ3) is 3.38. The zero-order valence-corrected chi connectivity index (χ0v) is 12.5. The summed E-state index contributed by atoms with van der Waals surface area (Å²) in [5.41, 5.74) is 0.743. The fourth-order valence-corrected chi connectivity index (χ4v) is 2.66. The molecule has 0 spiro atoms. The number of benzene rings is 1. The Morgan fingerprint density at radius 1 is 1.20 bits per heavy atom. The Kier molecular flexibility index (Phi) is 5.15. The zero-order chi connectivity index (χ0) is 14.5. The molecule has 1 heterocycles. The van der Waals surface area contributed by atoms with Gasteiger partial charge in [-0.05, 0) is 44.0 Å². The van der Waals surface area contributed by atoms with Crippen LogP contribution in [0.3, 0.4) is 0 Å². The van der Waals surface area contributed by atoms with E-state index in [1.54, 1.807) is 14.2 Å². The van der Waals surface area contributed by atoms with E-state index in [4.69, 9.17) is 9.47 Å². The number of ketones is 1. The summed E-state index contributed by atoms with van der Waals surface area (Å²) < 4.78 is 10.5. The largest absolute Gasteiger partial charge is 0.497 e. The van der Waals surface area contributed by atoms with Crippen LogP contribution >= 0.6 is 0 Å². The zero-order valence-electron chi connectivity index (χ0n) is 12.5. The van der Waals surface area contributed by atoms with Gasteiger partial charge in [-0.1, -0.05) is 0 Å². The summed E-state index contributed by atoms with van der Waals surface area (Å²) in [5, 5.41) is 0. The number of methoxy groups -OCH3 is 2. The molecule has 110 valence electrons. The molecule has 1 aliphatic rings. The highest BCUT2D eigenvalue weighted by atomic mass is 16.5. The molecule has 1 unspecified atom stereocenters. The molecule has 1 saturated heterocycles. The number of carbonyl (C=O) groups excluding carboxylic acids is 1. The molecule has 1 fully saturated rings. The minimum absolute atomic E-state index is 0.0822. The smallest absolute Gasteiger partial charge is 0.179 e. The second kappa shape index (κ2) is 6.86. The summed E-state index contributed by atoms with van der Waals surface area (Å²) in [6, 6.07) is 7.24. The van der Waals surface area contributed by atoms with Crippen molar-refractivity contribution in [3.05, 3.63) is 29.8 Å². The topological polar surface area (TPSA) is 38.8 Å². The lowest BCUT2D eigenvalue weighted by molar-refractivity contribution is 0.0289. The second-order valence-electron chi connectivity index (χ2n) is 5.24. The van der Waals surface area contributed by atoms with Crippen LogP contribution in [0.1, 0.15) is 30.1 Å². The van der Waals surface area contributed by atoms with Crippen LogP contribution in [0.15, 0.2) is 24.3 Å². The van der Waals surface area contributed by atoms with E-state index in [9.17, 15) is 4.79 Å². The number of rotatable bonds is 5. The number of ether oxygens (including phenoxy) is 2. The predicted molar refractivity (Wildman–Crippen MR) is 78.4 cm³/mol. The van der Waals surface area contributed by atoms with Crippen LogP contribution in [0.2, 0.25) is 0 Å². The van der Waals surface area contributed by atoms with Crippen molar-refractivity contribution in [1.82, 2.24) is 4.90 Å². The van der Waals surface area contributed by atoms with E-state index < -0.39 is 0 Å². The van der Waals surface area contributed by atoms with Crippen LogP contribution < -0.4 is 4.74 Å².